The molecule has 0 amide bonds. The summed E-state index contributed by atoms with van der Waals surface area (Å²) in [5.74, 6) is 1.81. The van der Waals surface area contributed by atoms with Gasteiger partial charge in [-0.2, -0.15) is 5.10 Å². The fourth-order valence-electron chi connectivity index (χ4n) is 3.07. The molecule has 29 heavy (non-hydrogen) atoms. The zero-order valence-corrected chi connectivity index (χ0v) is 17.8. The molecule has 1 atom stereocenters. The Morgan fingerprint density at radius 3 is 2.79 bits per heavy atom. The van der Waals surface area contributed by atoms with Crippen molar-refractivity contribution in [3.05, 3.63) is 66.2 Å². The number of rotatable bonds is 8. The molecule has 152 valence electrons. The van der Waals surface area contributed by atoms with Gasteiger partial charge in [0.05, 0.1) is 12.2 Å². The molecular formula is C23H30N6. The lowest BCUT2D eigenvalue weighted by molar-refractivity contribution is 0.656. The van der Waals surface area contributed by atoms with E-state index in [1.54, 1.807) is 6.20 Å². The molecule has 6 nitrogen and oxygen atoms in total. The Morgan fingerprint density at radius 2 is 2.10 bits per heavy atom. The second kappa shape index (κ2) is 9.37. The largest absolute Gasteiger partial charge is 0.324 e. The van der Waals surface area contributed by atoms with Crippen molar-refractivity contribution in [2.75, 3.05) is 5.32 Å². The Hall–Kier alpha value is -3.15. The van der Waals surface area contributed by atoms with E-state index in [-0.39, 0.29) is 6.04 Å². The van der Waals surface area contributed by atoms with E-state index in [0.717, 1.165) is 29.1 Å². The maximum atomic E-state index is 4.81. The van der Waals surface area contributed by atoms with Gasteiger partial charge in [-0.25, -0.2) is 9.97 Å². The highest BCUT2D eigenvalue weighted by molar-refractivity contribution is 5.74. The summed E-state index contributed by atoms with van der Waals surface area (Å²) >= 11 is 0. The zero-order valence-electron chi connectivity index (χ0n) is 17.8. The van der Waals surface area contributed by atoms with E-state index in [0.29, 0.717) is 11.7 Å². The van der Waals surface area contributed by atoms with Crippen molar-refractivity contribution in [3.8, 4) is 0 Å². The molecule has 0 saturated carbocycles. The predicted molar refractivity (Wildman–Crippen MR) is 121 cm³/mol. The van der Waals surface area contributed by atoms with Crippen molar-refractivity contribution in [3.63, 3.8) is 0 Å². The summed E-state index contributed by atoms with van der Waals surface area (Å²) in [7, 11) is 0. The summed E-state index contributed by atoms with van der Waals surface area (Å²) in [6, 6.07) is 4.14. The Bertz CT molecular complexity index is 1030. The average molecular weight is 391 g/mol. The fourth-order valence-corrected chi connectivity index (χ4v) is 3.07. The highest BCUT2D eigenvalue weighted by Gasteiger charge is 2.14. The van der Waals surface area contributed by atoms with Gasteiger partial charge in [-0.15, -0.1) is 0 Å². The first-order chi connectivity index (χ1) is 14.0. The number of allylic oxidation sites excluding steroid dienone is 6. The molecule has 3 heterocycles. The van der Waals surface area contributed by atoms with E-state index >= 15 is 0 Å². The van der Waals surface area contributed by atoms with E-state index in [2.05, 4.69) is 77.1 Å². The topological polar surface area (TPSA) is 71.4 Å². The minimum absolute atomic E-state index is 0.133. The predicted octanol–water partition coefficient (Wildman–Crippen LogP) is 6.05. The lowest BCUT2D eigenvalue weighted by Crippen LogP contribution is -2.07. The van der Waals surface area contributed by atoms with Crippen LogP contribution < -0.4 is 5.32 Å². The highest BCUT2D eigenvalue weighted by Crippen LogP contribution is 2.25. The van der Waals surface area contributed by atoms with E-state index in [4.69, 9.17) is 4.98 Å². The van der Waals surface area contributed by atoms with E-state index in [1.807, 2.05) is 31.3 Å². The summed E-state index contributed by atoms with van der Waals surface area (Å²) in [5.41, 5.74) is 4.02. The molecule has 3 aromatic rings. The van der Waals surface area contributed by atoms with Gasteiger partial charge >= 0.3 is 0 Å². The van der Waals surface area contributed by atoms with Gasteiger partial charge in [-0.1, -0.05) is 51.2 Å². The Morgan fingerprint density at radius 1 is 1.28 bits per heavy atom. The summed E-state index contributed by atoms with van der Waals surface area (Å²) in [5, 5.41) is 10.6. The number of anilines is 2. The van der Waals surface area contributed by atoms with Crippen molar-refractivity contribution >= 4 is 22.8 Å². The lowest BCUT2D eigenvalue weighted by Gasteiger charge is -2.16. The Labute approximate surface area is 172 Å². The first kappa shape index (κ1) is 20.6. The van der Waals surface area contributed by atoms with Crippen LogP contribution in [0.4, 0.5) is 11.6 Å². The molecular weight excluding hydrogens is 360 g/mol. The molecule has 3 aromatic heterocycles. The number of nitrogens with zero attached hydrogens (tertiary/aromatic N) is 4. The van der Waals surface area contributed by atoms with Crippen molar-refractivity contribution in [1.29, 1.82) is 0 Å². The Kier molecular flexibility index (Phi) is 6.65. The van der Waals surface area contributed by atoms with Crippen LogP contribution in [-0.2, 0) is 0 Å². The number of aromatic amines is 1. The minimum Gasteiger partial charge on any atom is -0.324 e. The first-order valence-corrected chi connectivity index (χ1v) is 10.2. The summed E-state index contributed by atoms with van der Waals surface area (Å²) < 4.78 is 2.16. The molecule has 0 fully saturated rings. The average Bonchev–Trinajstić information content (AvgIpc) is 3.34. The number of aromatic nitrogens is 5. The van der Waals surface area contributed by atoms with E-state index in [1.165, 1.54) is 5.57 Å². The van der Waals surface area contributed by atoms with Crippen LogP contribution in [0.1, 0.15) is 58.7 Å². The maximum absolute atomic E-state index is 4.81. The highest BCUT2D eigenvalue weighted by atomic mass is 15.2. The van der Waals surface area contributed by atoms with Crippen LogP contribution in [-0.4, -0.2) is 24.7 Å². The zero-order chi connectivity index (χ0) is 20.8. The molecule has 0 aliphatic heterocycles. The number of fused-ring (bicyclic) bond motifs is 1. The van der Waals surface area contributed by atoms with Gasteiger partial charge in [0.15, 0.2) is 17.3 Å². The lowest BCUT2D eigenvalue weighted by atomic mass is 10.1. The standard InChI is InChI=1S/C23H30N6/c1-6-8-10-18(11-9-7-2)17(5)29-13-12-19-23(29)26-22(15-24-19)25-21-14-20(16(3)4)27-28-21/h6,8-17H,7H2,1-5H3,(H2,25,26,27,28)/b8-6-,11-9-,18-10+. The third kappa shape index (κ3) is 4.83. The van der Waals surface area contributed by atoms with Crippen LogP contribution in [0.5, 0.6) is 0 Å². The smallest absolute Gasteiger partial charge is 0.161 e. The van der Waals surface area contributed by atoms with Crippen molar-refractivity contribution in [2.24, 2.45) is 0 Å². The van der Waals surface area contributed by atoms with Crippen LogP contribution in [0.25, 0.3) is 11.2 Å². The molecule has 3 rings (SSSR count). The van der Waals surface area contributed by atoms with Crippen molar-refractivity contribution in [1.82, 2.24) is 24.7 Å². The number of hydrogen-bond acceptors (Lipinski definition) is 4. The quantitative estimate of drug-likeness (QED) is 0.459. The van der Waals surface area contributed by atoms with Gasteiger partial charge in [0.25, 0.3) is 0 Å². The molecule has 0 saturated heterocycles. The van der Waals surface area contributed by atoms with Gasteiger partial charge in [0.1, 0.15) is 5.52 Å². The maximum Gasteiger partial charge on any atom is 0.161 e. The molecule has 2 N–H and O–H groups in total. The van der Waals surface area contributed by atoms with Crippen molar-refractivity contribution < 1.29 is 0 Å². The summed E-state index contributed by atoms with van der Waals surface area (Å²) in [6.07, 6.45) is 15.4. The van der Waals surface area contributed by atoms with E-state index < -0.39 is 0 Å². The molecule has 6 heteroatoms. The minimum atomic E-state index is 0.133. The van der Waals surface area contributed by atoms with Gasteiger partial charge in [-0.3, -0.25) is 5.10 Å². The number of nitrogens with one attached hydrogen (secondary N) is 2. The molecule has 0 aromatic carbocycles. The molecule has 0 radical (unpaired) electrons. The second-order valence-corrected chi connectivity index (χ2v) is 7.35. The number of hydrogen-bond donors (Lipinski definition) is 2. The Balaban J connectivity index is 1.92. The summed E-state index contributed by atoms with van der Waals surface area (Å²) in [4.78, 5) is 9.39. The van der Waals surface area contributed by atoms with Gasteiger partial charge in [-0.05, 0) is 37.8 Å². The molecule has 0 bridgehead atoms. The van der Waals surface area contributed by atoms with Crippen LogP contribution in [0, 0.1) is 0 Å². The molecule has 0 aliphatic rings. The monoisotopic (exact) mass is 390 g/mol. The SMILES string of the molecule is C\C=C/C=C(\C=C/CC)C(C)n1ccc2ncc(Nc3cc(C(C)C)[nH]n3)nc21. The third-order valence-electron chi connectivity index (χ3n) is 4.82. The van der Waals surface area contributed by atoms with Gasteiger partial charge in [0.2, 0.25) is 0 Å². The van der Waals surface area contributed by atoms with Crippen LogP contribution in [0.3, 0.4) is 0 Å². The number of H-pyrrole nitrogens is 1. The summed E-state index contributed by atoms with van der Waals surface area (Å²) in [6.45, 7) is 10.6. The van der Waals surface area contributed by atoms with Gasteiger partial charge < -0.3 is 9.88 Å². The third-order valence-corrected chi connectivity index (χ3v) is 4.82. The molecule has 0 spiro atoms. The normalized spacial score (nSPS) is 13.9. The van der Waals surface area contributed by atoms with Crippen molar-refractivity contribution in [2.45, 2.75) is 53.0 Å². The molecule has 1 unspecified atom stereocenters. The fraction of sp³-hybridized carbons (Fsp3) is 0.348. The first-order valence-electron chi connectivity index (χ1n) is 10.2. The second-order valence-electron chi connectivity index (χ2n) is 7.35. The van der Waals surface area contributed by atoms with E-state index in [9.17, 15) is 0 Å². The van der Waals surface area contributed by atoms with Crippen LogP contribution in [0.15, 0.2) is 60.5 Å². The van der Waals surface area contributed by atoms with Crippen LogP contribution in [0.2, 0.25) is 0 Å². The molecule has 0 aliphatic carbocycles. The van der Waals surface area contributed by atoms with Gasteiger partial charge in [0, 0.05) is 18.0 Å². The van der Waals surface area contributed by atoms with Crippen LogP contribution >= 0.6 is 0 Å².